The lowest BCUT2D eigenvalue weighted by Gasteiger charge is -2.18. The molecule has 0 fully saturated rings. The lowest BCUT2D eigenvalue weighted by atomic mass is 9.92. The van der Waals surface area contributed by atoms with Gasteiger partial charge in [0.15, 0.2) is 0 Å². The van der Waals surface area contributed by atoms with Crippen LogP contribution in [0.2, 0.25) is 0 Å². The van der Waals surface area contributed by atoms with E-state index in [1.165, 1.54) is 11.8 Å². The van der Waals surface area contributed by atoms with Gasteiger partial charge < -0.3 is 9.73 Å². The molecule has 31 heavy (non-hydrogen) atoms. The quantitative estimate of drug-likeness (QED) is 0.520. The number of para-hydroxylation sites is 1. The van der Waals surface area contributed by atoms with Crippen molar-refractivity contribution in [1.82, 2.24) is 24.9 Å². The Balaban J connectivity index is 1.71. The van der Waals surface area contributed by atoms with Crippen molar-refractivity contribution >= 4 is 23.5 Å². The molecule has 3 aromatic rings. The van der Waals surface area contributed by atoms with E-state index < -0.39 is 0 Å². The van der Waals surface area contributed by atoms with Crippen molar-refractivity contribution in [3.63, 3.8) is 0 Å². The Morgan fingerprint density at radius 3 is 2.55 bits per heavy atom. The third-order valence-corrected chi connectivity index (χ3v) is 5.61. The highest BCUT2D eigenvalue weighted by Gasteiger charge is 2.22. The van der Waals surface area contributed by atoms with E-state index in [2.05, 4.69) is 43.2 Å². The van der Waals surface area contributed by atoms with E-state index in [1.807, 2.05) is 55.4 Å². The highest BCUT2D eigenvalue weighted by molar-refractivity contribution is 7.99. The number of hydrogen-bond acceptors (Lipinski definition) is 7. The predicted octanol–water partition coefficient (Wildman–Crippen LogP) is 4.30. The van der Waals surface area contributed by atoms with Crippen molar-refractivity contribution in [3.8, 4) is 5.69 Å². The monoisotopic (exact) mass is 442 g/mol. The predicted molar refractivity (Wildman–Crippen MR) is 123 cm³/mol. The summed E-state index contributed by atoms with van der Waals surface area (Å²) in [5.41, 5.74) is 1.64. The molecule has 0 saturated heterocycles. The minimum absolute atomic E-state index is 0.0618. The van der Waals surface area contributed by atoms with Gasteiger partial charge in [0.05, 0.1) is 23.2 Å². The number of nitrogens with one attached hydrogen (secondary N) is 1. The summed E-state index contributed by atoms with van der Waals surface area (Å²) < 4.78 is 7.50. The van der Waals surface area contributed by atoms with Crippen LogP contribution in [-0.4, -0.2) is 50.6 Å². The Morgan fingerprint density at radius 1 is 1.23 bits per heavy atom. The molecule has 2 heterocycles. The van der Waals surface area contributed by atoms with Gasteiger partial charge in [-0.15, -0.1) is 10.2 Å². The largest absolute Gasteiger partial charge is 0.414 e. The number of hydrogen-bond donors (Lipinski definition) is 1. The van der Waals surface area contributed by atoms with E-state index in [-0.39, 0.29) is 23.1 Å². The topological polar surface area (TPSA) is 89.1 Å². The average molecular weight is 443 g/mol. The van der Waals surface area contributed by atoms with Crippen LogP contribution in [0.15, 0.2) is 46.0 Å². The maximum atomic E-state index is 12.7. The summed E-state index contributed by atoms with van der Waals surface area (Å²) >= 11 is 1.22. The van der Waals surface area contributed by atoms with Crippen molar-refractivity contribution in [2.24, 2.45) is 0 Å². The fraction of sp³-hybridized carbons (Fsp3) is 0.455. The molecule has 0 spiro atoms. The zero-order chi connectivity index (χ0) is 22.6. The van der Waals surface area contributed by atoms with Crippen LogP contribution in [0.1, 0.15) is 51.7 Å². The van der Waals surface area contributed by atoms with Crippen LogP contribution >= 0.6 is 11.8 Å². The van der Waals surface area contributed by atoms with E-state index in [0.29, 0.717) is 16.9 Å². The molecule has 1 amide bonds. The van der Waals surface area contributed by atoms with Crippen LogP contribution in [-0.2, 0) is 10.2 Å². The smallest absolute Gasteiger partial charge is 0.277 e. The zero-order valence-corrected chi connectivity index (χ0v) is 19.7. The molecule has 1 atom stereocenters. The molecular weight excluding hydrogens is 412 g/mol. The SMILES string of the molecule is CCC(c1nnc(SCC(=O)Nc2cc(C(C)(C)C)nn2-c2ccccc2)o1)N(C)C. The second-order valence-electron chi connectivity index (χ2n) is 8.54. The molecule has 1 N–H and O–H groups in total. The normalized spacial score (nSPS) is 12.9. The van der Waals surface area contributed by atoms with Crippen molar-refractivity contribution < 1.29 is 9.21 Å². The average Bonchev–Trinajstić information content (AvgIpc) is 3.35. The lowest BCUT2D eigenvalue weighted by Crippen LogP contribution is -2.19. The van der Waals surface area contributed by atoms with E-state index >= 15 is 0 Å². The molecule has 1 aromatic carbocycles. The number of aromatic nitrogens is 4. The Kier molecular flexibility index (Phi) is 7.17. The maximum absolute atomic E-state index is 12.7. The Morgan fingerprint density at radius 2 is 1.94 bits per heavy atom. The Bertz CT molecular complexity index is 1010. The van der Waals surface area contributed by atoms with Gasteiger partial charge in [0, 0.05) is 11.5 Å². The van der Waals surface area contributed by atoms with E-state index in [9.17, 15) is 4.79 Å². The third kappa shape index (κ3) is 5.74. The van der Waals surface area contributed by atoms with Crippen molar-refractivity contribution in [1.29, 1.82) is 0 Å². The summed E-state index contributed by atoms with van der Waals surface area (Å²) in [7, 11) is 3.95. The number of anilines is 1. The highest BCUT2D eigenvalue weighted by atomic mass is 32.2. The zero-order valence-electron chi connectivity index (χ0n) is 18.9. The van der Waals surface area contributed by atoms with Crippen molar-refractivity contribution in [2.45, 2.75) is 50.8 Å². The standard InChI is InChI=1S/C22H30N6O2S/c1-7-16(27(5)6)20-24-25-21(30-20)31-14-19(29)23-18-13-17(22(2,3)4)26-28(18)15-11-9-8-10-12-15/h8-13,16H,7,14H2,1-6H3,(H,23,29). The van der Waals surface area contributed by atoms with Crippen LogP contribution in [0, 0.1) is 0 Å². The Labute approximate surface area is 187 Å². The summed E-state index contributed by atoms with van der Waals surface area (Å²) in [5.74, 6) is 1.19. The van der Waals surface area contributed by atoms with Crippen molar-refractivity contribution in [2.75, 3.05) is 25.2 Å². The molecule has 1 unspecified atom stereocenters. The molecule has 0 aliphatic carbocycles. The molecule has 9 heteroatoms. The molecule has 2 aromatic heterocycles. The first-order valence-corrected chi connectivity index (χ1v) is 11.3. The number of thioether (sulfide) groups is 1. The third-order valence-electron chi connectivity index (χ3n) is 4.79. The van der Waals surface area contributed by atoms with Crippen molar-refractivity contribution in [3.05, 3.63) is 48.0 Å². The molecule has 166 valence electrons. The summed E-state index contributed by atoms with van der Waals surface area (Å²) in [6.07, 6.45) is 0.860. The molecule has 0 radical (unpaired) electrons. The molecule has 0 bridgehead atoms. The molecule has 3 rings (SSSR count). The fourth-order valence-electron chi connectivity index (χ4n) is 3.08. The van der Waals surface area contributed by atoms with Gasteiger partial charge >= 0.3 is 0 Å². The van der Waals surface area contributed by atoms with Crippen LogP contribution in [0.4, 0.5) is 5.82 Å². The van der Waals surface area contributed by atoms with Gasteiger partial charge in [0.2, 0.25) is 11.8 Å². The lowest BCUT2D eigenvalue weighted by molar-refractivity contribution is -0.113. The minimum Gasteiger partial charge on any atom is -0.414 e. The summed E-state index contributed by atoms with van der Waals surface area (Å²) in [6, 6.07) is 11.7. The van der Waals surface area contributed by atoms with Gasteiger partial charge in [-0.05, 0) is 32.6 Å². The van der Waals surface area contributed by atoms with Crippen LogP contribution in [0.3, 0.4) is 0 Å². The molecule has 0 saturated carbocycles. The van der Waals surface area contributed by atoms with Crippen LogP contribution < -0.4 is 5.32 Å². The summed E-state index contributed by atoms with van der Waals surface area (Å²) in [5, 5.41) is 16.3. The van der Waals surface area contributed by atoms with E-state index in [0.717, 1.165) is 17.8 Å². The molecule has 0 aliphatic rings. The van der Waals surface area contributed by atoms with Gasteiger partial charge in [0.25, 0.3) is 5.22 Å². The van der Waals surface area contributed by atoms with Gasteiger partial charge in [0.1, 0.15) is 5.82 Å². The van der Waals surface area contributed by atoms with Gasteiger partial charge in [-0.1, -0.05) is 57.7 Å². The van der Waals surface area contributed by atoms with Gasteiger partial charge in [-0.3, -0.25) is 9.69 Å². The first-order valence-electron chi connectivity index (χ1n) is 10.3. The second-order valence-corrected chi connectivity index (χ2v) is 9.47. The molecule has 0 aliphatic heterocycles. The fourth-order valence-corrected chi connectivity index (χ4v) is 3.65. The van der Waals surface area contributed by atoms with E-state index in [4.69, 9.17) is 9.52 Å². The van der Waals surface area contributed by atoms with E-state index in [1.54, 1.807) is 4.68 Å². The van der Waals surface area contributed by atoms with Crippen LogP contribution in [0.25, 0.3) is 5.69 Å². The number of carbonyl (C=O) groups excluding carboxylic acids is 1. The first-order chi connectivity index (χ1) is 14.7. The van der Waals surface area contributed by atoms with Crippen LogP contribution in [0.5, 0.6) is 0 Å². The molecular formula is C22H30N6O2S. The minimum atomic E-state index is -0.165. The number of amides is 1. The second kappa shape index (κ2) is 9.65. The number of rotatable bonds is 8. The van der Waals surface area contributed by atoms with Gasteiger partial charge in [-0.25, -0.2) is 4.68 Å². The van der Waals surface area contributed by atoms with Gasteiger partial charge in [-0.2, -0.15) is 5.10 Å². The first kappa shape index (κ1) is 23.0. The summed E-state index contributed by atoms with van der Waals surface area (Å²) in [4.78, 5) is 14.7. The highest BCUT2D eigenvalue weighted by Crippen LogP contribution is 2.27. The molecule has 8 nitrogen and oxygen atoms in total. The Hall–Kier alpha value is -2.65. The number of carbonyl (C=O) groups is 1. The maximum Gasteiger partial charge on any atom is 0.277 e. The number of nitrogens with zero attached hydrogens (tertiary/aromatic N) is 5. The summed E-state index contributed by atoms with van der Waals surface area (Å²) in [6.45, 7) is 8.35. The number of benzene rings is 1.